The summed E-state index contributed by atoms with van der Waals surface area (Å²) in [4.78, 5) is 12.0. The van der Waals surface area contributed by atoms with Gasteiger partial charge in [-0.15, -0.1) is 0 Å². The van der Waals surface area contributed by atoms with Crippen LogP contribution in [0.3, 0.4) is 0 Å². The van der Waals surface area contributed by atoms with Crippen molar-refractivity contribution >= 4 is 21.9 Å². The molecule has 2 aromatic carbocycles. The van der Waals surface area contributed by atoms with E-state index in [2.05, 4.69) is 15.9 Å². The first kappa shape index (κ1) is 17.3. The Morgan fingerprint density at radius 3 is 2.26 bits per heavy atom. The number of halogens is 1. The van der Waals surface area contributed by atoms with Gasteiger partial charge in [0.2, 0.25) is 0 Å². The van der Waals surface area contributed by atoms with Gasteiger partial charge in [-0.3, -0.25) is 4.79 Å². The Hall–Kier alpha value is -2.01. The summed E-state index contributed by atoms with van der Waals surface area (Å²) in [6, 6.07) is 11.1. The predicted octanol–water partition coefficient (Wildman–Crippen LogP) is 4.31. The van der Waals surface area contributed by atoms with E-state index in [-0.39, 0.29) is 12.4 Å². The number of methoxy groups -OCH3 is 2. The second-order valence-electron chi connectivity index (χ2n) is 5.09. The summed E-state index contributed by atoms with van der Waals surface area (Å²) >= 11 is 3.49. The van der Waals surface area contributed by atoms with Gasteiger partial charge in [-0.25, -0.2) is 0 Å². The summed E-state index contributed by atoms with van der Waals surface area (Å²) in [6.07, 6.45) is 0.827. The molecule has 0 atom stereocenters. The summed E-state index contributed by atoms with van der Waals surface area (Å²) in [5.41, 5.74) is 2.09. The second kappa shape index (κ2) is 8.02. The molecule has 0 heterocycles. The molecular formula is C18H19BrO4. The van der Waals surface area contributed by atoms with Gasteiger partial charge in [0.15, 0.2) is 11.5 Å². The maximum absolute atomic E-state index is 12.0. The molecule has 0 amide bonds. The molecule has 0 bridgehead atoms. The Kier molecular flexibility index (Phi) is 6.04. The van der Waals surface area contributed by atoms with Crippen molar-refractivity contribution < 1.29 is 19.0 Å². The lowest BCUT2D eigenvalue weighted by atomic mass is 10.1. The highest BCUT2D eigenvalue weighted by Gasteiger charge is 2.12. The first-order valence-corrected chi connectivity index (χ1v) is 8.00. The Balaban J connectivity index is 1.99. The Morgan fingerprint density at radius 2 is 1.65 bits per heavy atom. The van der Waals surface area contributed by atoms with E-state index in [0.717, 1.165) is 15.6 Å². The lowest BCUT2D eigenvalue weighted by molar-refractivity contribution is -0.134. The van der Waals surface area contributed by atoms with Crippen LogP contribution in [0.4, 0.5) is 0 Å². The number of carbonyl (C=O) groups excluding carboxylic acids is 1. The normalized spacial score (nSPS) is 10.3. The molecule has 0 spiro atoms. The molecule has 5 heteroatoms. The average molecular weight is 379 g/mol. The highest BCUT2D eigenvalue weighted by Crippen LogP contribution is 2.33. The van der Waals surface area contributed by atoms with Crippen LogP contribution in [0.5, 0.6) is 17.2 Å². The van der Waals surface area contributed by atoms with Crippen LogP contribution < -0.4 is 14.2 Å². The van der Waals surface area contributed by atoms with Crippen LogP contribution in [0.2, 0.25) is 0 Å². The Bertz CT molecular complexity index is 680. The van der Waals surface area contributed by atoms with Gasteiger partial charge in [-0.1, -0.05) is 33.6 Å². The number of rotatable bonds is 6. The van der Waals surface area contributed by atoms with Crippen LogP contribution in [-0.4, -0.2) is 20.2 Å². The van der Waals surface area contributed by atoms with Crippen LogP contribution in [0.1, 0.15) is 17.5 Å². The maximum Gasteiger partial charge on any atom is 0.311 e. The summed E-state index contributed by atoms with van der Waals surface area (Å²) in [5.74, 6) is 1.57. The number of carbonyl (C=O) groups is 1. The number of ether oxygens (including phenoxy) is 3. The fraction of sp³-hybridized carbons (Fsp3) is 0.278. The van der Waals surface area contributed by atoms with Crippen molar-refractivity contribution in [3.8, 4) is 17.2 Å². The van der Waals surface area contributed by atoms with Gasteiger partial charge >= 0.3 is 5.97 Å². The van der Waals surface area contributed by atoms with Crippen LogP contribution in [-0.2, 0) is 11.2 Å². The van der Waals surface area contributed by atoms with E-state index in [1.165, 1.54) is 0 Å². The van der Waals surface area contributed by atoms with Gasteiger partial charge < -0.3 is 14.2 Å². The van der Waals surface area contributed by atoms with Crippen LogP contribution in [0, 0.1) is 6.92 Å². The number of hydrogen-bond acceptors (Lipinski definition) is 4. The molecule has 0 radical (unpaired) electrons. The van der Waals surface area contributed by atoms with Gasteiger partial charge in [0.25, 0.3) is 0 Å². The molecule has 0 N–H and O–H groups in total. The molecule has 0 aromatic heterocycles. The lowest BCUT2D eigenvalue weighted by Gasteiger charge is -2.12. The highest BCUT2D eigenvalue weighted by atomic mass is 79.9. The Labute approximate surface area is 144 Å². The van der Waals surface area contributed by atoms with Crippen LogP contribution in [0.25, 0.3) is 0 Å². The predicted molar refractivity (Wildman–Crippen MR) is 92.4 cm³/mol. The van der Waals surface area contributed by atoms with Crippen molar-refractivity contribution in [2.24, 2.45) is 0 Å². The lowest BCUT2D eigenvalue weighted by Crippen LogP contribution is -2.09. The van der Waals surface area contributed by atoms with Gasteiger partial charge in [0, 0.05) is 4.47 Å². The second-order valence-corrected chi connectivity index (χ2v) is 5.94. The monoisotopic (exact) mass is 378 g/mol. The topological polar surface area (TPSA) is 44.8 Å². The molecule has 0 fully saturated rings. The minimum atomic E-state index is -0.268. The molecule has 0 aliphatic rings. The van der Waals surface area contributed by atoms with E-state index in [1.807, 2.05) is 31.2 Å². The van der Waals surface area contributed by atoms with E-state index in [4.69, 9.17) is 14.2 Å². The average Bonchev–Trinajstić information content (AvgIpc) is 2.55. The summed E-state index contributed by atoms with van der Waals surface area (Å²) in [6.45, 7) is 1.99. The zero-order chi connectivity index (χ0) is 16.8. The first-order chi connectivity index (χ1) is 11.0. The molecule has 122 valence electrons. The third-order valence-corrected chi connectivity index (χ3v) is 4.14. The largest absolute Gasteiger partial charge is 0.493 e. The molecule has 23 heavy (non-hydrogen) atoms. The minimum Gasteiger partial charge on any atom is -0.493 e. The number of aryl methyl sites for hydroxylation is 2. The van der Waals surface area contributed by atoms with Crippen molar-refractivity contribution in [2.75, 3.05) is 14.2 Å². The smallest absolute Gasteiger partial charge is 0.311 e. The van der Waals surface area contributed by atoms with Crippen molar-refractivity contribution in [1.29, 1.82) is 0 Å². The first-order valence-electron chi connectivity index (χ1n) is 7.21. The van der Waals surface area contributed by atoms with E-state index in [9.17, 15) is 4.79 Å². The zero-order valence-corrected chi connectivity index (χ0v) is 15.0. The Morgan fingerprint density at radius 1 is 1.04 bits per heavy atom. The minimum absolute atomic E-state index is 0.268. The quantitative estimate of drug-likeness (QED) is 0.554. The third-order valence-electron chi connectivity index (χ3n) is 3.40. The molecule has 4 nitrogen and oxygen atoms in total. The fourth-order valence-electron chi connectivity index (χ4n) is 2.11. The SMILES string of the molecule is COc1cc(Br)c(CCC(=O)Oc2ccc(C)cc2)cc1OC. The standard InChI is InChI=1S/C18H19BrO4/c1-12-4-7-14(8-5-12)23-18(20)9-6-13-10-16(21-2)17(22-3)11-15(13)19/h4-5,7-8,10-11H,6,9H2,1-3H3. The van der Waals surface area contributed by atoms with Gasteiger partial charge in [-0.05, 0) is 43.2 Å². The summed E-state index contributed by atoms with van der Waals surface area (Å²) in [5, 5.41) is 0. The van der Waals surface area contributed by atoms with E-state index >= 15 is 0 Å². The third kappa shape index (κ3) is 4.73. The van der Waals surface area contributed by atoms with Gasteiger partial charge in [0.05, 0.1) is 20.6 Å². The van der Waals surface area contributed by atoms with Crippen LogP contribution in [0.15, 0.2) is 40.9 Å². The summed E-state index contributed by atoms with van der Waals surface area (Å²) < 4.78 is 16.7. The zero-order valence-electron chi connectivity index (χ0n) is 13.4. The van der Waals surface area contributed by atoms with Gasteiger partial charge in [-0.2, -0.15) is 0 Å². The molecule has 0 saturated heterocycles. The molecule has 2 rings (SSSR count). The number of benzene rings is 2. The van der Waals surface area contributed by atoms with Crippen molar-refractivity contribution in [3.63, 3.8) is 0 Å². The fourth-order valence-corrected chi connectivity index (χ4v) is 2.63. The molecule has 0 aliphatic carbocycles. The van der Waals surface area contributed by atoms with Crippen LogP contribution >= 0.6 is 15.9 Å². The maximum atomic E-state index is 12.0. The van der Waals surface area contributed by atoms with E-state index < -0.39 is 0 Å². The molecular weight excluding hydrogens is 360 g/mol. The van der Waals surface area contributed by atoms with E-state index in [0.29, 0.717) is 23.7 Å². The van der Waals surface area contributed by atoms with Crippen molar-refractivity contribution in [1.82, 2.24) is 0 Å². The number of hydrogen-bond donors (Lipinski definition) is 0. The molecule has 0 saturated carbocycles. The number of esters is 1. The van der Waals surface area contributed by atoms with Crippen molar-refractivity contribution in [3.05, 3.63) is 52.0 Å². The molecule has 0 unspecified atom stereocenters. The summed E-state index contributed by atoms with van der Waals surface area (Å²) in [7, 11) is 3.17. The van der Waals surface area contributed by atoms with E-state index in [1.54, 1.807) is 26.4 Å². The molecule has 0 aliphatic heterocycles. The molecule has 2 aromatic rings. The van der Waals surface area contributed by atoms with Crippen molar-refractivity contribution in [2.45, 2.75) is 19.8 Å². The van der Waals surface area contributed by atoms with Gasteiger partial charge in [0.1, 0.15) is 5.75 Å². The highest BCUT2D eigenvalue weighted by molar-refractivity contribution is 9.10.